The van der Waals surface area contributed by atoms with Crippen LogP contribution in [0.1, 0.15) is 59.8 Å². The predicted molar refractivity (Wildman–Crippen MR) is 109 cm³/mol. The summed E-state index contributed by atoms with van der Waals surface area (Å²) in [7, 11) is 0. The molecule has 2 aliphatic rings. The summed E-state index contributed by atoms with van der Waals surface area (Å²) in [5.41, 5.74) is 5.31. The topological polar surface area (TPSA) is 95.7 Å². The number of nitrogens with zero attached hydrogens (tertiary/aromatic N) is 2. The molecule has 2 saturated heterocycles. The van der Waals surface area contributed by atoms with Gasteiger partial charge in [0.25, 0.3) is 0 Å². The van der Waals surface area contributed by atoms with Crippen LogP contribution in [0.5, 0.6) is 0 Å². The molecule has 3 atom stereocenters. The Morgan fingerprint density at radius 1 is 1.18 bits per heavy atom. The lowest BCUT2D eigenvalue weighted by Gasteiger charge is -2.42. The molecule has 28 heavy (non-hydrogen) atoms. The maximum Gasteiger partial charge on any atom is 0.245 e. The number of carbonyl (C=O) groups excluding carboxylic acids is 3. The predicted octanol–water partition coefficient (Wildman–Crippen LogP) is 1.36. The molecule has 2 heterocycles. The van der Waals surface area contributed by atoms with Crippen LogP contribution >= 0.6 is 0 Å². The molecule has 0 saturated carbocycles. The molecule has 160 valence electrons. The second kappa shape index (κ2) is 10.2. The van der Waals surface area contributed by atoms with Crippen molar-refractivity contribution in [2.75, 3.05) is 26.2 Å². The Balaban J connectivity index is 2.09. The van der Waals surface area contributed by atoms with Crippen molar-refractivity contribution in [3.8, 4) is 0 Å². The van der Waals surface area contributed by atoms with E-state index < -0.39 is 6.04 Å². The first-order valence-electron chi connectivity index (χ1n) is 10.9. The molecular formula is C21H38N4O3. The summed E-state index contributed by atoms with van der Waals surface area (Å²) in [6, 6.07) is -0.601. The minimum absolute atomic E-state index is 0.0585. The SMILES string of the molecule is CC[C@H](C)C1NCCN(C(CC(C)C)C(=O)N2CCC(CC(N)=O)CC2)C1=O. The average Bonchev–Trinajstić information content (AvgIpc) is 2.65. The molecule has 3 N–H and O–H groups in total. The Morgan fingerprint density at radius 2 is 1.82 bits per heavy atom. The third-order valence-corrected chi connectivity index (χ3v) is 6.25. The van der Waals surface area contributed by atoms with E-state index in [1.54, 1.807) is 0 Å². The van der Waals surface area contributed by atoms with Crippen molar-refractivity contribution in [2.45, 2.75) is 71.9 Å². The lowest BCUT2D eigenvalue weighted by molar-refractivity contribution is -0.151. The van der Waals surface area contributed by atoms with E-state index in [1.165, 1.54) is 0 Å². The summed E-state index contributed by atoms with van der Waals surface area (Å²) >= 11 is 0. The molecule has 7 heteroatoms. The van der Waals surface area contributed by atoms with Crippen molar-refractivity contribution in [1.29, 1.82) is 0 Å². The highest BCUT2D eigenvalue weighted by Gasteiger charge is 2.40. The van der Waals surface area contributed by atoms with Gasteiger partial charge in [0.15, 0.2) is 0 Å². The second-order valence-electron chi connectivity index (χ2n) is 8.93. The quantitative estimate of drug-likeness (QED) is 0.650. The lowest BCUT2D eigenvalue weighted by atomic mass is 9.91. The number of primary amides is 1. The fraction of sp³-hybridized carbons (Fsp3) is 0.857. The van der Waals surface area contributed by atoms with E-state index in [-0.39, 0.29) is 35.6 Å². The zero-order chi connectivity index (χ0) is 20.8. The summed E-state index contributed by atoms with van der Waals surface area (Å²) in [6.45, 7) is 10.9. The van der Waals surface area contributed by atoms with Gasteiger partial charge >= 0.3 is 0 Å². The van der Waals surface area contributed by atoms with E-state index in [9.17, 15) is 14.4 Å². The minimum atomic E-state index is -0.395. The molecule has 0 bridgehead atoms. The van der Waals surface area contributed by atoms with Crippen LogP contribution in [0.15, 0.2) is 0 Å². The van der Waals surface area contributed by atoms with Gasteiger partial charge in [-0.25, -0.2) is 0 Å². The maximum absolute atomic E-state index is 13.4. The third-order valence-electron chi connectivity index (χ3n) is 6.25. The first kappa shape index (κ1) is 22.7. The molecule has 7 nitrogen and oxygen atoms in total. The highest BCUT2D eigenvalue weighted by molar-refractivity contribution is 5.90. The Kier molecular flexibility index (Phi) is 8.28. The largest absolute Gasteiger partial charge is 0.370 e. The van der Waals surface area contributed by atoms with Crippen molar-refractivity contribution in [3.05, 3.63) is 0 Å². The van der Waals surface area contributed by atoms with Gasteiger partial charge in [-0.2, -0.15) is 0 Å². The van der Waals surface area contributed by atoms with Crippen LogP contribution in [0, 0.1) is 17.8 Å². The number of piperazine rings is 1. The molecule has 0 radical (unpaired) electrons. The van der Waals surface area contributed by atoms with Gasteiger partial charge in [-0.3, -0.25) is 14.4 Å². The zero-order valence-corrected chi connectivity index (χ0v) is 17.9. The Labute approximate surface area is 169 Å². The number of amides is 3. The summed E-state index contributed by atoms with van der Waals surface area (Å²) in [6.07, 6.45) is 3.60. The van der Waals surface area contributed by atoms with Crippen LogP contribution in [-0.2, 0) is 14.4 Å². The number of rotatable bonds is 8. The molecular weight excluding hydrogens is 356 g/mol. The molecule has 0 aromatic rings. The van der Waals surface area contributed by atoms with E-state index in [0.29, 0.717) is 38.4 Å². The Hall–Kier alpha value is -1.63. The fourth-order valence-electron chi connectivity index (χ4n) is 4.37. The normalized spacial score (nSPS) is 23.8. The van der Waals surface area contributed by atoms with Crippen molar-refractivity contribution in [2.24, 2.45) is 23.5 Å². The van der Waals surface area contributed by atoms with E-state index in [2.05, 4.69) is 33.0 Å². The van der Waals surface area contributed by atoms with Crippen LogP contribution in [0.25, 0.3) is 0 Å². The standard InChI is InChI=1S/C21H38N4O3/c1-5-15(4)19-21(28)25(11-8-23-19)17(12-14(2)3)20(27)24-9-6-16(7-10-24)13-18(22)26/h14-17,19,23H,5-13H2,1-4H3,(H2,22,26)/t15-,17?,19?/m0/s1. The molecule has 0 aliphatic carbocycles. The van der Waals surface area contributed by atoms with Gasteiger partial charge in [0.2, 0.25) is 17.7 Å². The lowest BCUT2D eigenvalue weighted by Crippen LogP contribution is -2.63. The van der Waals surface area contributed by atoms with E-state index in [0.717, 1.165) is 25.8 Å². The Bertz CT molecular complexity index is 558. The van der Waals surface area contributed by atoms with E-state index in [4.69, 9.17) is 5.73 Å². The van der Waals surface area contributed by atoms with Crippen LogP contribution in [-0.4, -0.2) is 65.8 Å². The number of likely N-dealkylation sites (tertiary alicyclic amines) is 1. The van der Waals surface area contributed by atoms with Gasteiger partial charge in [-0.15, -0.1) is 0 Å². The van der Waals surface area contributed by atoms with Crippen molar-refractivity contribution in [3.63, 3.8) is 0 Å². The van der Waals surface area contributed by atoms with Crippen LogP contribution < -0.4 is 11.1 Å². The highest BCUT2D eigenvalue weighted by Crippen LogP contribution is 2.25. The number of hydrogen-bond donors (Lipinski definition) is 2. The number of carbonyl (C=O) groups is 3. The molecule has 3 amide bonds. The minimum Gasteiger partial charge on any atom is -0.370 e. The summed E-state index contributed by atoms with van der Waals surface area (Å²) < 4.78 is 0. The Morgan fingerprint density at radius 3 is 2.36 bits per heavy atom. The summed E-state index contributed by atoms with van der Waals surface area (Å²) in [4.78, 5) is 41.4. The van der Waals surface area contributed by atoms with Gasteiger partial charge in [0, 0.05) is 32.6 Å². The number of nitrogens with two attached hydrogens (primary N) is 1. The number of piperidine rings is 1. The molecule has 2 aliphatic heterocycles. The van der Waals surface area contributed by atoms with Crippen LogP contribution in [0.3, 0.4) is 0 Å². The van der Waals surface area contributed by atoms with Gasteiger partial charge in [-0.1, -0.05) is 34.1 Å². The zero-order valence-electron chi connectivity index (χ0n) is 17.9. The van der Waals surface area contributed by atoms with Crippen molar-refractivity contribution >= 4 is 17.7 Å². The first-order chi connectivity index (χ1) is 13.2. The molecule has 0 aromatic carbocycles. The molecule has 0 spiro atoms. The summed E-state index contributed by atoms with van der Waals surface area (Å²) in [5.74, 6) is 0.680. The monoisotopic (exact) mass is 394 g/mol. The average molecular weight is 395 g/mol. The van der Waals surface area contributed by atoms with Crippen molar-refractivity contribution < 1.29 is 14.4 Å². The van der Waals surface area contributed by atoms with Crippen molar-refractivity contribution in [1.82, 2.24) is 15.1 Å². The molecule has 2 fully saturated rings. The van der Waals surface area contributed by atoms with Gasteiger partial charge < -0.3 is 20.9 Å². The highest BCUT2D eigenvalue weighted by atomic mass is 16.2. The molecule has 2 rings (SSSR count). The molecule has 0 aromatic heterocycles. The van der Waals surface area contributed by atoms with E-state index >= 15 is 0 Å². The second-order valence-corrected chi connectivity index (χ2v) is 8.93. The number of hydrogen-bond acceptors (Lipinski definition) is 4. The van der Waals surface area contributed by atoms with Crippen LogP contribution in [0.2, 0.25) is 0 Å². The smallest absolute Gasteiger partial charge is 0.245 e. The van der Waals surface area contributed by atoms with Gasteiger partial charge in [0.1, 0.15) is 6.04 Å². The van der Waals surface area contributed by atoms with Crippen LogP contribution in [0.4, 0.5) is 0 Å². The summed E-state index contributed by atoms with van der Waals surface area (Å²) in [5, 5.41) is 3.34. The fourth-order valence-corrected chi connectivity index (χ4v) is 4.37. The maximum atomic E-state index is 13.4. The van der Waals surface area contributed by atoms with Gasteiger partial charge in [0.05, 0.1) is 6.04 Å². The number of nitrogens with one attached hydrogen (secondary N) is 1. The van der Waals surface area contributed by atoms with Gasteiger partial charge in [-0.05, 0) is 37.0 Å². The molecule has 2 unspecified atom stereocenters. The van der Waals surface area contributed by atoms with E-state index in [1.807, 2.05) is 9.80 Å². The first-order valence-corrected chi connectivity index (χ1v) is 10.9. The third kappa shape index (κ3) is 5.69.